The van der Waals surface area contributed by atoms with Crippen molar-refractivity contribution >= 4 is 23.5 Å². The topological polar surface area (TPSA) is 43.8 Å². The Morgan fingerprint density at radius 2 is 2.28 bits per heavy atom. The van der Waals surface area contributed by atoms with Gasteiger partial charge in [-0.25, -0.2) is 4.98 Å². The van der Waals surface area contributed by atoms with Gasteiger partial charge in [0.15, 0.2) is 0 Å². The first-order valence-electron chi connectivity index (χ1n) is 6.71. The van der Waals surface area contributed by atoms with Crippen LogP contribution in [0.3, 0.4) is 0 Å². The molecule has 3 atom stereocenters. The Bertz CT molecular complexity index is 367. The van der Waals surface area contributed by atoms with Crippen molar-refractivity contribution in [2.75, 3.05) is 11.5 Å². The standard InChI is InChI=1S/C13H23N3S2/c1-3-5-16-6-4-15-12(16)9-11(14)13-10(2)17-7-8-18-13/h4,6,10-11,13H,3,5,7-9,14H2,1-2H3. The van der Waals surface area contributed by atoms with Gasteiger partial charge in [-0.15, -0.1) is 0 Å². The number of aryl methyl sites for hydroxylation is 1. The maximum absolute atomic E-state index is 6.41. The van der Waals surface area contributed by atoms with Gasteiger partial charge in [0.05, 0.1) is 0 Å². The largest absolute Gasteiger partial charge is 0.335 e. The third-order valence-corrected chi connectivity index (χ3v) is 6.62. The van der Waals surface area contributed by atoms with Crippen LogP contribution in [0.4, 0.5) is 0 Å². The van der Waals surface area contributed by atoms with E-state index in [-0.39, 0.29) is 6.04 Å². The average molecular weight is 285 g/mol. The second-order valence-corrected chi connectivity index (χ2v) is 7.59. The molecule has 1 aromatic rings. The van der Waals surface area contributed by atoms with Crippen LogP contribution in [0.2, 0.25) is 0 Å². The summed E-state index contributed by atoms with van der Waals surface area (Å²) >= 11 is 4.09. The van der Waals surface area contributed by atoms with Crippen molar-refractivity contribution in [3.63, 3.8) is 0 Å². The monoisotopic (exact) mass is 285 g/mol. The van der Waals surface area contributed by atoms with Crippen LogP contribution in [0.1, 0.15) is 26.1 Å². The molecular weight excluding hydrogens is 262 g/mol. The van der Waals surface area contributed by atoms with Gasteiger partial charge in [-0.05, 0) is 6.42 Å². The number of rotatable bonds is 5. The molecule has 0 saturated carbocycles. The molecule has 0 radical (unpaired) electrons. The van der Waals surface area contributed by atoms with Gasteiger partial charge in [0.1, 0.15) is 5.82 Å². The highest BCUT2D eigenvalue weighted by atomic mass is 32.2. The predicted octanol–water partition coefficient (Wildman–Crippen LogP) is 2.40. The van der Waals surface area contributed by atoms with E-state index >= 15 is 0 Å². The molecule has 0 bridgehead atoms. The third kappa shape index (κ3) is 3.45. The fourth-order valence-corrected chi connectivity index (χ4v) is 5.31. The molecule has 0 aliphatic carbocycles. The lowest BCUT2D eigenvalue weighted by atomic mass is 10.1. The number of thioether (sulfide) groups is 2. The van der Waals surface area contributed by atoms with E-state index in [1.54, 1.807) is 0 Å². The number of imidazole rings is 1. The summed E-state index contributed by atoms with van der Waals surface area (Å²) in [6, 6.07) is 0.218. The summed E-state index contributed by atoms with van der Waals surface area (Å²) in [6.45, 7) is 5.55. The fourth-order valence-electron chi connectivity index (χ4n) is 2.42. The lowest BCUT2D eigenvalue weighted by Crippen LogP contribution is -2.42. The third-order valence-electron chi connectivity index (χ3n) is 3.34. The van der Waals surface area contributed by atoms with Gasteiger partial charge < -0.3 is 10.3 Å². The summed E-state index contributed by atoms with van der Waals surface area (Å²) in [6.07, 6.45) is 6.00. The van der Waals surface area contributed by atoms with E-state index in [0.29, 0.717) is 10.5 Å². The number of hydrogen-bond acceptors (Lipinski definition) is 4. The summed E-state index contributed by atoms with van der Waals surface area (Å²) in [5.41, 5.74) is 6.41. The van der Waals surface area contributed by atoms with Crippen molar-refractivity contribution in [3.05, 3.63) is 18.2 Å². The van der Waals surface area contributed by atoms with Gasteiger partial charge >= 0.3 is 0 Å². The first-order valence-corrected chi connectivity index (χ1v) is 8.81. The van der Waals surface area contributed by atoms with Crippen molar-refractivity contribution in [1.82, 2.24) is 9.55 Å². The molecular formula is C13H23N3S2. The normalized spacial score (nSPS) is 26.2. The van der Waals surface area contributed by atoms with Crippen LogP contribution in [-0.2, 0) is 13.0 Å². The number of nitrogens with two attached hydrogens (primary N) is 1. The molecule has 1 fully saturated rings. The molecule has 5 heteroatoms. The van der Waals surface area contributed by atoms with E-state index in [1.807, 2.05) is 18.0 Å². The minimum Gasteiger partial charge on any atom is -0.335 e. The highest BCUT2D eigenvalue weighted by molar-refractivity contribution is 8.07. The summed E-state index contributed by atoms with van der Waals surface area (Å²) in [7, 11) is 0. The van der Waals surface area contributed by atoms with Crippen molar-refractivity contribution in [3.8, 4) is 0 Å². The Morgan fingerprint density at radius 3 is 3.00 bits per heavy atom. The Balaban J connectivity index is 1.97. The summed E-state index contributed by atoms with van der Waals surface area (Å²) < 4.78 is 2.24. The van der Waals surface area contributed by atoms with Crippen molar-refractivity contribution in [1.29, 1.82) is 0 Å². The van der Waals surface area contributed by atoms with Crippen LogP contribution in [0.25, 0.3) is 0 Å². The molecule has 1 aromatic heterocycles. The van der Waals surface area contributed by atoms with E-state index < -0.39 is 0 Å². The van der Waals surface area contributed by atoms with Crippen LogP contribution in [0, 0.1) is 0 Å². The van der Waals surface area contributed by atoms with Crippen molar-refractivity contribution in [2.24, 2.45) is 5.73 Å². The SMILES string of the molecule is CCCn1ccnc1CC(N)C1SCCSC1C. The highest BCUT2D eigenvalue weighted by Crippen LogP contribution is 2.33. The van der Waals surface area contributed by atoms with Gasteiger partial charge in [-0.1, -0.05) is 13.8 Å². The predicted molar refractivity (Wildman–Crippen MR) is 82.4 cm³/mol. The number of hydrogen-bond donors (Lipinski definition) is 1. The van der Waals surface area contributed by atoms with Crippen LogP contribution in [-0.4, -0.2) is 37.6 Å². The summed E-state index contributed by atoms with van der Waals surface area (Å²) in [4.78, 5) is 4.46. The minimum absolute atomic E-state index is 0.218. The first kappa shape index (κ1) is 14.3. The molecule has 0 spiro atoms. The molecule has 1 saturated heterocycles. The Labute approximate surface area is 118 Å². The Kier molecular flexibility index (Phi) is 5.45. The van der Waals surface area contributed by atoms with Gasteiger partial charge in [0.25, 0.3) is 0 Å². The molecule has 2 heterocycles. The second-order valence-electron chi connectivity index (χ2n) is 4.82. The zero-order chi connectivity index (χ0) is 13.0. The van der Waals surface area contributed by atoms with E-state index in [0.717, 1.165) is 25.2 Å². The Hall–Kier alpha value is -0.130. The second kappa shape index (κ2) is 6.87. The molecule has 2 rings (SSSR count). The molecule has 3 nitrogen and oxygen atoms in total. The molecule has 0 amide bonds. The van der Waals surface area contributed by atoms with E-state index in [1.165, 1.54) is 11.5 Å². The van der Waals surface area contributed by atoms with Crippen LogP contribution < -0.4 is 5.73 Å². The molecule has 3 unspecified atom stereocenters. The highest BCUT2D eigenvalue weighted by Gasteiger charge is 2.28. The van der Waals surface area contributed by atoms with Crippen molar-refractivity contribution in [2.45, 2.75) is 49.8 Å². The maximum Gasteiger partial charge on any atom is 0.110 e. The lowest BCUT2D eigenvalue weighted by molar-refractivity contribution is 0.565. The molecule has 1 aliphatic heterocycles. The number of aromatic nitrogens is 2. The maximum atomic E-state index is 6.41. The van der Waals surface area contributed by atoms with E-state index in [9.17, 15) is 0 Å². The lowest BCUT2D eigenvalue weighted by Gasteiger charge is -2.32. The fraction of sp³-hybridized carbons (Fsp3) is 0.769. The molecule has 102 valence electrons. The number of nitrogens with zero attached hydrogens (tertiary/aromatic N) is 2. The molecule has 18 heavy (non-hydrogen) atoms. The van der Waals surface area contributed by atoms with Gasteiger partial charge in [-0.3, -0.25) is 0 Å². The van der Waals surface area contributed by atoms with E-state index in [2.05, 4.69) is 41.4 Å². The Morgan fingerprint density at radius 1 is 1.50 bits per heavy atom. The van der Waals surface area contributed by atoms with Crippen LogP contribution in [0.5, 0.6) is 0 Å². The molecule has 2 N–H and O–H groups in total. The average Bonchev–Trinajstić information content (AvgIpc) is 2.78. The first-order chi connectivity index (χ1) is 8.72. The minimum atomic E-state index is 0.218. The van der Waals surface area contributed by atoms with Gasteiger partial charge in [0, 0.05) is 53.4 Å². The van der Waals surface area contributed by atoms with Crippen LogP contribution in [0.15, 0.2) is 12.4 Å². The summed E-state index contributed by atoms with van der Waals surface area (Å²) in [5.74, 6) is 3.64. The smallest absolute Gasteiger partial charge is 0.110 e. The molecule has 1 aliphatic rings. The zero-order valence-corrected chi connectivity index (χ0v) is 12.8. The zero-order valence-electron chi connectivity index (χ0n) is 11.2. The van der Waals surface area contributed by atoms with Gasteiger partial charge in [-0.2, -0.15) is 23.5 Å². The summed E-state index contributed by atoms with van der Waals surface area (Å²) in [5, 5.41) is 1.23. The van der Waals surface area contributed by atoms with Gasteiger partial charge in [0.2, 0.25) is 0 Å². The van der Waals surface area contributed by atoms with Crippen LogP contribution >= 0.6 is 23.5 Å². The quantitative estimate of drug-likeness (QED) is 0.902. The van der Waals surface area contributed by atoms with Crippen molar-refractivity contribution < 1.29 is 0 Å². The molecule has 0 aromatic carbocycles. The van der Waals surface area contributed by atoms with E-state index in [4.69, 9.17) is 5.73 Å².